The van der Waals surface area contributed by atoms with Crippen LogP contribution in [0.3, 0.4) is 0 Å². The number of benzene rings is 2. The van der Waals surface area contributed by atoms with Gasteiger partial charge < -0.3 is 15.5 Å². The number of halogens is 1. The predicted octanol–water partition coefficient (Wildman–Crippen LogP) is 2.86. The van der Waals surface area contributed by atoms with Gasteiger partial charge in [-0.25, -0.2) is 4.39 Å². The monoisotopic (exact) mass is 373 g/mol. The van der Waals surface area contributed by atoms with E-state index in [9.17, 15) is 18.8 Å². The molecule has 0 spiro atoms. The fourth-order valence-electron chi connectivity index (χ4n) is 2.69. The van der Waals surface area contributed by atoms with Gasteiger partial charge in [0.2, 0.25) is 5.91 Å². The molecule has 0 saturated heterocycles. The third kappa shape index (κ3) is 6.89. The molecule has 2 aromatic rings. The van der Waals surface area contributed by atoms with E-state index < -0.39 is 23.9 Å². The van der Waals surface area contributed by atoms with Crippen LogP contribution in [0.2, 0.25) is 0 Å². The van der Waals surface area contributed by atoms with Crippen LogP contribution in [0, 0.1) is 5.82 Å². The first-order valence-corrected chi connectivity index (χ1v) is 8.41. The summed E-state index contributed by atoms with van der Waals surface area (Å²) in [5.41, 5.74) is 2.35. The predicted molar refractivity (Wildman–Crippen MR) is 96.6 cm³/mol. The largest absolute Gasteiger partial charge is 0.481 e. The Hall–Kier alpha value is -3.22. The molecule has 0 aliphatic carbocycles. The van der Waals surface area contributed by atoms with Crippen molar-refractivity contribution in [1.82, 2.24) is 5.32 Å². The zero-order valence-corrected chi connectivity index (χ0v) is 14.5. The number of rotatable bonds is 9. The summed E-state index contributed by atoms with van der Waals surface area (Å²) in [5, 5.41) is 20.2. The summed E-state index contributed by atoms with van der Waals surface area (Å²) in [7, 11) is 0. The first-order valence-electron chi connectivity index (χ1n) is 8.41. The van der Waals surface area contributed by atoms with Crippen LogP contribution in [-0.4, -0.2) is 34.1 Å². The van der Waals surface area contributed by atoms with E-state index in [0.29, 0.717) is 0 Å². The lowest BCUT2D eigenvalue weighted by atomic mass is 9.99. The summed E-state index contributed by atoms with van der Waals surface area (Å²) in [5.74, 6) is -2.98. The number of hydrogen-bond donors (Lipinski definition) is 3. The maximum Gasteiger partial charge on any atom is 0.305 e. The van der Waals surface area contributed by atoms with Gasteiger partial charge in [-0.05, 0) is 35.2 Å². The Balaban J connectivity index is 2.04. The van der Waals surface area contributed by atoms with Gasteiger partial charge in [0, 0.05) is 12.5 Å². The smallest absolute Gasteiger partial charge is 0.305 e. The Kier molecular flexibility index (Phi) is 7.05. The molecule has 0 aliphatic heterocycles. The van der Waals surface area contributed by atoms with Crippen molar-refractivity contribution in [2.24, 2.45) is 0 Å². The molecule has 0 bridgehead atoms. The van der Waals surface area contributed by atoms with Crippen molar-refractivity contribution in [3.05, 3.63) is 59.9 Å². The van der Waals surface area contributed by atoms with Crippen molar-refractivity contribution in [2.75, 3.05) is 0 Å². The summed E-state index contributed by atoms with van der Waals surface area (Å²) in [6.45, 7) is 0. The van der Waals surface area contributed by atoms with E-state index in [1.165, 1.54) is 12.1 Å². The summed E-state index contributed by atoms with van der Waals surface area (Å²) in [4.78, 5) is 33.4. The highest BCUT2D eigenvalue weighted by molar-refractivity contribution is 5.81. The molecular weight excluding hydrogens is 353 g/mol. The highest BCUT2D eigenvalue weighted by atomic mass is 19.1. The highest BCUT2D eigenvalue weighted by Gasteiger charge is 2.17. The second kappa shape index (κ2) is 9.47. The molecule has 0 unspecified atom stereocenters. The van der Waals surface area contributed by atoms with E-state index in [2.05, 4.69) is 5.32 Å². The third-order valence-electron chi connectivity index (χ3n) is 3.95. The summed E-state index contributed by atoms with van der Waals surface area (Å²) < 4.78 is 13.3. The molecular formula is C20H20FNO5. The Bertz CT molecular complexity index is 819. The fourth-order valence-corrected chi connectivity index (χ4v) is 2.69. The van der Waals surface area contributed by atoms with Crippen LogP contribution in [0.15, 0.2) is 48.5 Å². The summed E-state index contributed by atoms with van der Waals surface area (Å²) >= 11 is 0. The molecule has 0 saturated carbocycles. The van der Waals surface area contributed by atoms with Crippen LogP contribution >= 0.6 is 0 Å². The minimum absolute atomic E-state index is 0.204. The number of carbonyl (C=O) groups is 3. The lowest BCUT2D eigenvalue weighted by Gasteiger charge is -2.17. The van der Waals surface area contributed by atoms with E-state index in [-0.39, 0.29) is 31.5 Å². The molecule has 0 radical (unpaired) electrons. The van der Waals surface area contributed by atoms with Gasteiger partial charge in [-0.1, -0.05) is 36.4 Å². The van der Waals surface area contributed by atoms with Crippen molar-refractivity contribution in [3.63, 3.8) is 0 Å². The first-order chi connectivity index (χ1) is 12.8. The number of carboxylic acids is 2. The molecule has 0 heterocycles. The second-order valence-corrected chi connectivity index (χ2v) is 6.17. The molecule has 27 heavy (non-hydrogen) atoms. The van der Waals surface area contributed by atoms with Gasteiger partial charge in [0.1, 0.15) is 5.82 Å². The van der Waals surface area contributed by atoms with Gasteiger partial charge >= 0.3 is 11.9 Å². The van der Waals surface area contributed by atoms with Gasteiger partial charge in [-0.2, -0.15) is 0 Å². The Morgan fingerprint density at radius 3 is 2.22 bits per heavy atom. The van der Waals surface area contributed by atoms with E-state index in [0.717, 1.165) is 16.7 Å². The van der Waals surface area contributed by atoms with Crippen molar-refractivity contribution < 1.29 is 29.0 Å². The molecule has 0 fully saturated rings. The second-order valence-electron chi connectivity index (χ2n) is 6.17. The standard InChI is InChI=1S/C20H20FNO5/c21-16-3-1-2-15(11-16)14-6-4-13(5-7-14)10-17(12-20(26)27)22-18(23)8-9-19(24)25/h1-7,11,17H,8-10,12H2,(H,22,23)(H,24,25)(H,26,27)/t17-/m1/s1. The maximum atomic E-state index is 13.3. The molecule has 0 aliphatic rings. The van der Waals surface area contributed by atoms with Crippen molar-refractivity contribution in [2.45, 2.75) is 31.7 Å². The minimum atomic E-state index is -1.09. The number of hydrogen-bond acceptors (Lipinski definition) is 3. The van der Waals surface area contributed by atoms with Crippen LogP contribution < -0.4 is 5.32 Å². The molecule has 142 valence electrons. The van der Waals surface area contributed by atoms with Crippen molar-refractivity contribution in [3.8, 4) is 11.1 Å². The van der Waals surface area contributed by atoms with Crippen molar-refractivity contribution >= 4 is 17.8 Å². The molecule has 6 nitrogen and oxygen atoms in total. The van der Waals surface area contributed by atoms with Gasteiger partial charge in [0.25, 0.3) is 0 Å². The maximum absolute atomic E-state index is 13.3. The molecule has 1 atom stereocenters. The topological polar surface area (TPSA) is 104 Å². The lowest BCUT2D eigenvalue weighted by molar-refractivity contribution is -0.140. The van der Waals surface area contributed by atoms with Gasteiger partial charge in [0.05, 0.1) is 12.8 Å². The molecule has 3 N–H and O–H groups in total. The van der Waals surface area contributed by atoms with Crippen LogP contribution in [0.25, 0.3) is 11.1 Å². The Labute approximate surface area is 155 Å². The number of amides is 1. The van der Waals surface area contributed by atoms with Gasteiger partial charge in [-0.3, -0.25) is 14.4 Å². The van der Waals surface area contributed by atoms with E-state index in [1.54, 1.807) is 36.4 Å². The molecule has 0 aromatic heterocycles. The van der Waals surface area contributed by atoms with Gasteiger partial charge in [-0.15, -0.1) is 0 Å². The Morgan fingerprint density at radius 1 is 0.926 bits per heavy atom. The molecule has 2 rings (SSSR count). The van der Waals surface area contributed by atoms with Crippen LogP contribution in [0.4, 0.5) is 4.39 Å². The van der Waals surface area contributed by atoms with Crippen LogP contribution in [-0.2, 0) is 20.8 Å². The third-order valence-corrected chi connectivity index (χ3v) is 3.95. The fraction of sp³-hybridized carbons (Fsp3) is 0.250. The Morgan fingerprint density at radius 2 is 1.63 bits per heavy atom. The minimum Gasteiger partial charge on any atom is -0.481 e. The molecule has 1 amide bonds. The zero-order valence-electron chi connectivity index (χ0n) is 14.5. The summed E-state index contributed by atoms with van der Waals surface area (Å²) in [6.07, 6.45) is -0.503. The molecule has 7 heteroatoms. The normalized spacial score (nSPS) is 11.6. The highest BCUT2D eigenvalue weighted by Crippen LogP contribution is 2.21. The average Bonchev–Trinajstić information content (AvgIpc) is 2.60. The average molecular weight is 373 g/mol. The zero-order chi connectivity index (χ0) is 19.8. The van der Waals surface area contributed by atoms with E-state index in [1.807, 2.05) is 0 Å². The van der Waals surface area contributed by atoms with Crippen molar-refractivity contribution in [1.29, 1.82) is 0 Å². The van der Waals surface area contributed by atoms with E-state index >= 15 is 0 Å². The first kappa shape index (κ1) is 20.1. The van der Waals surface area contributed by atoms with Crippen LogP contribution in [0.1, 0.15) is 24.8 Å². The van der Waals surface area contributed by atoms with E-state index in [4.69, 9.17) is 10.2 Å². The number of nitrogens with one attached hydrogen (secondary N) is 1. The quantitative estimate of drug-likeness (QED) is 0.627. The van der Waals surface area contributed by atoms with Crippen LogP contribution in [0.5, 0.6) is 0 Å². The number of carbonyl (C=O) groups excluding carboxylic acids is 1. The van der Waals surface area contributed by atoms with Gasteiger partial charge in [0.15, 0.2) is 0 Å². The number of carboxylic acid groups (broad SMARTS) is 2. The summed E-state index contributed by atoms with van der Waals surface area (Å²) in [6, 6.07) is 12.7. The number of aliphatic carboxylic acids is 2. The SMILES string of the molecule is O=C(O)CCC(=O)N[C@@H](CC(=O)O)Cc1ccc(-c2cccc(F)c2)cc1. The molecule has 2 aromatic carbocycles. The lowest BCUT2D eigenvalue weighted by Crippen LogP contribution is -2.38.